The van der Waals surface area contributed by atoms with Crippen LogP contribution in [0.5, 0.6) is 0 Å². The highest BCUT2D eigenvalue weighted by Crippen LogP contribution is 2.37. The Bertz CT molecular complexity index is 1040. The second-order valence-corrected chi connectivity index (χ2v) is 9.62. The molecule has 3 aromatic carbocycles. The van der Waals surface area contributed by atoms with Gasteiger partial charge in [-0.1, -0.05) is 86.5 Å². The standard InChI is InChI=1S/C32H37FO/c1-3-5-6-21-34-23-25-9-20-31(32(33)22-25)30-18-16-29(17-19-30)28-14-12-27(13-15-28)26-10-7-24(4-2)8-11-26/h4,9,12-20,22,24,26H,2-3,5-8,10-11,21,23H2,1H3. The molecule has 0 unspecified atom stereocenters. The first-order valence-corrected chi connectivity index (χ1v) is 12.9. The molecule has 178 valence electrons. The largest absolute Gasteiger partial charge is 0.377 e. The van der Waals surface area contributed by atoms with Crippen molar-refractivity contribution in [2.45, 2.75) is 64.4 Å². The van der Waals surface area contributed by atoms with Crippen LogP contribution in [0.15, 0.2) is 79.4 Å². The molecule has 0 radical (unpaired) electrons. The predicted octanol–water partition coefficient (Wildman–Crippen LogP) is 9.33. The Hall–Kier alpha value is -2.71. The van der Waals surface area contributed by atoms with E-state index in [0.29, 0.717) is 24.0 Å². The molecule has 0 saturated heterocycles. The maximum atomic E-state index is 14.8. The summed E-state index contributed by atoms with van der Waals surface area (Å²) in [7, 11) is 0. The number of allylic oxidation sites excluding steroid dienone is 1. The van der Waals surface area contributed by atoms with Gasteiger partial charge in [-0.05, 0) is 77.8 Å². The van der Waals surface area contributed by atoms with Gasteiger partial charge < -0.3 is 4.74 Å². The van der Waals surface area contributed by atoms with Crippen LogP contribution >= 0.6 is 0 Å². The smallest absolute Gasteiger partial charge is 0.131 e. The number of rotatable bonds is 10. The second-order valence-electron chi connectivity index (χ2n) is 9.62. The molecule has 1 nitrogen and oxygen atoms in total. The zero-order valence-electron chi connectivity index (χ0n) is 20.4. The van der Waals surface area contributed by atoms with E-state index in [1.54, 1.807) is 6.07 Å². The normalized spacial score (nSPS) is 18.1. The van der Waals surface area contributed by atoms with Gasteiger partial charge in [0, 0.05) is 12.2 Å². The minimum Gasteiger partial charge on any atom is -0.377 e. The van der Waals surface area contributed by atoms with Crippen molar-refractivity contribution in [2.75, 3.05) is 6.61 Å². The van der Waals surface area contributed by atoms with Gasteiger partial charge in [0.25, 0.3) is 0 Å². The van der Waals surface area contributed by atoms with E-state index >= 15 is 0 Å². The summed E-state index contributed by atoms with van der Waals surface area (Å²) >= 11 is 0. The quantitative estimate of drug-likeness (QED) is 0.218. The molecule has 3 aromatic rings. The number of unbranched alkanes of at least 4 members (excludes halogenated alkanes) is 2. The average Bonchev–Trinajstić information content (AvgIpc) is 2.89. The van der Waals surface area contributed by atoms with E-state index in [-0.39, 0.29) is 5.82 Å². The lowest BCUT2D eigenvalue weighted by Crippen LogP contribution is -2.11. The lowest BCUT2D eigenvalue weighted by atomic mass is 9.78. The van der Waals surface area contributed by atoms with E-state index in [2.05, 4.69) is 56.0 Å². The lowest BCUT2D eigenvalue weighted by Gasteiger charge is -2.27. The van der Waals surface area contributed by atoms with Crippen molar-refractivity contribution in [3.63, 3.8) is 0 Å². The summed E-state index contributed by atoms with van der Waals surface area (Å²) in [5.74, 6) is 1.16. The molecule has 1 saturated carbocycles. The molecule has 4 rings (SSSR count). The molecule has 0 aromatic heterocycles. The van der Waals surface area contributed by atoms with Crippen molar-refractivity contribution in [1.29, 1.82) is 0 Å². The first-order chi connectivity index (χ1) is 16.7. The predicted molar refractivity (Wildman–Crippen MR) is 141 cm³/mol. The van der Waals surface area contributed by atoms with Gasteiger partial charge in [-0.2, -0.15) is 0 Å². The summed E-state index contributed by atoms with van der Waals surface area (Å²) in [6, 6.07) is 22.6. The Balaban J connectivity index is 1.38. The summed E-state index contributed by atoms with van der Waals surface area (Å²) in [4.78, 5) is 0. The van der Waals surface area contributed by atoms with Crippen LogP contribution in [0.3, 0.4) is 0 Å². The highest BCUT2D eigenvalue weighted by molar-refractivity contribution is 5.71. The van der Waals surface area contributed by atoms with Crippen LogP contribution in [0.2, 0.25) is 0 Å². The zero-order chi connectivity index (χ0) is 23.8. The van der Waals surface area contributed by atoms with Gasteiger partial charge >= 0.3 is 0 Å². The monoisotopic (exact) mass is 456 g/mol. The summed E-state index contributed by atoms with van der Waals surface area (Å²) < 4.78 is 20.5. The highest BCUT2D eigenvalue weighted by Gasteiger charge is 2.20. The van der Waals surface area contributed by atoms with Crippen molar-refractivity contribution in [1.82, 2.24) is 0 Å². The maximum absolute atomic E-state index is 14.8. The van der Waals surface area contributed by atoms with Gasteiger partial charge in [0.1, 0.15) is 5.82 Å². The molecular formula is C32H37FO. The first-order valence-electron chi connectivity index (χ1n) is 12.9. The molecule has 0 atom stereocenters. The number of benzene rings is 3. The van der Waals surface area contributed by atoms with Crippen LogP contribution in [-0.2, 0) is 11.3 Å². The third-order valence-corrected chi connectivity index (χ3v) is 7.21. The van der Waals surface area contributed by atoms with E-state index in [1.165, 1.54) is 49.7 Å². The van der Waals surface area contributed by atoms with Gasteiger partial charge in [0.05, 0.1) is 6.61 Å². The molecule has 0 amide bonds. The first kappa shape index (κ1) is 24.4. The van der Waals surface area contributed by atoms with Gasteiger partial charge in [-0.3, -0.25) is 0 Å². The van der Waals surface area contributed by atoms with Crippen molar-refractivity contribution in [3.05, 3.63) is 96.3 Å². The van der Waals surface area contributed by atoms with Crippen LogP contribution in [0.4, 0.5) is 4.39 Å². The number of halogens is 1. The molecule has 0 bridgehead atoms. The fraction of sp³-hybridized carbons (Fsp3) is 0.375. The third-order valence-electron chi connectivity index (χ3n) is 7.21. The second kappa shape index (κ2) is 12.1. The topological polar surface area (TPSA) is 9.23 Å². The summed E-state index contributed by atoms with van der Waals surface area (Å²) in [5, 5.41) is 0. The van der Waals surface area contributed by atoms with Gasteiger partial charge in [-0.25, -0.2) is 4.39 Å². The van der Waals surface area contributed by atoms with Crippen molar-refractivity contribution >= 4 is 0 Å². The summed E-state index contributed by atoms with van der Waals surface area (Å²) in [6.07, 6.45) is 10.5. The summed E-state index contributed by atoms with van der Waals surface area (Å²) in [5.41, 5.74) is 6.21. The van der Waals surface area contributed by atoms with E-state index in [9.17, 15) is 4.39 Å². The van der Waals surface area contributed by atoms with Crippen LogP contribution in [0.25, 0.3) is 22.3 Å². The Morgan fingerprint density at radius 1 is 0.853 bits per heavy atom. The Morgan fingerprint density at radius 2 is 1.50 bits per heavy atom. The molecule has 1 aliphatic rings. The molecule has 0 spiro atoms. The van der Waals surface area contributed by atoms with Gasteiger partial charge in [0.2, 0.25) is 0 Å². The number of hydrogen-bond acceptors (Lipinski definition) is 1. The maximum Gasteiger partial charge on any atom is 0.131 e. The lowest BCUT2D eigenvalue weighted by molar-refractivity contribution is 0.117. The number of hydrogen-bond donors (Lipinski definition) is 0. The SMILES string of the molecule is C=CC1CCC(c2ccc(-c3ccc(-c4ccc(COCCCCC)cc4F)cc3)cc2)CC1. The van der Waals surface area contributed by atoms with Gasteiger partial charge in [0.15, 0.2) is 0 Å². The summed E-state index contributed by atoms with van der Waals surface area (Å²) in [6.45, 7) is 7.32. The van der Waals surface area contributed by atoms with Gasteiger partial charge in [-0.15, -0.1) is 6.58 Å². The molecule has 0 aliphatic heterocycles. The van der Waals surface area contributed by atoms with E-state index in [4.69, 9.17) is 4.74 Å². The minimum atomic E-state index is -0.196. The Morgan fingerprint density at radius 3 is 2.12 bits per heavy atom. The molecule has 34 heavy (non-hydrogen) atoms. The molecule has 0 N–H and O–H groups in total. The van der Waals surface area contributed by atoms with Crippen molar-refractivity contribution < 1.29 is 9.13 Å². The Labute approximate surface area is 204 Å². The van der Waals surface area contributed by atoms with E-state index in [1.807, 2.05) is 24.3 Å². The van der Waals surface area contributed by atoms with Crippen molar-refractivity contribution in [3.8, 4) is 22.3 Å². The highest BCUT2D eigenvalue weighted by atomic mass is 19.1. The molecule has 1 aliphatic carbocycles. The van der Waals surface area contributed by atoms with E-state index < -0.39 is 0 Å². The van der Waals surface area contributed by atoms with Crippen molar-refractivity contribution in [2.24, 2.45) is 5.92 Å². The molecular weight excluding hydrogens is 419 g/mol. The average molecular weight is 457 g/mol. The third kappa shape index (κ3) is 6.24. The van der Waals surface area contributed by atoms with Crippen LogP contribution in [0.1, 0.15) is 68.9 Å². The molecule has 0 heterocycles. The van der Waals surface area contributed by atoms with Crippen LogP contribution in [-0.4, -0.2) is 6.61 Å². The number of ether oxygens (including phenoxy) is 1. The van der Waals surface area contributed by atoms with Crippen LogP contribution in [0, 0.1) is 11.7 Å². The molecule has 2 heteroatoms. The van der Waals surface area contributed by atoms with E-state index in [0.717, 1.165) is 29.7 Å². The minimum absolute atomic E-state index is 0.196. The fourth-order valence-corrected chi connectivity index (χ4v) is 5.00. The fourth-order valence-electron chi connectivity index (χ4n) is 5.00. The molecule has 1 fully saturated rings. The van der Waals surface area contributed by atoms with Crippen LogP contribution < -0.4 is 0 Å². The Kier molecular flexibility index (Phi) is 8.71. The zero-order valence-corrected chi connectivity index (χ0v) is 20.4.